The van der Waals surface area contributed by atoms with Gasteiger partial charge < -0.3 is 5.32 Å². The molecular weight excluding hydrogens is 291 g/mol. The van der Waals surface area contributed by atoms with E-state index < -0.39 is 16.2 Å². The highest BCUT2D eigenvalue weighted by Gasteiger charge is 2.26. The van der Waals surface area contributed by atoms with Crippen LogP contribution in [0.4, 0.5) is 4.39 Å². The number of hydrogen-bond acceptors (Lipinski definition) is 3. The number of benzene rings is 1. The highest BCUT2D eigenvalue weighted by atomic mass is 32.2. The lowest BCUT2D eigenvalue weighted by Crippen LogP contribution is -2.37. The first-order chi connectivity index (χ1) is 10.0. The number of halogens is 1. The second kappa shape index (κ2) is 5.87. The number of hydrogen-bond donors (Lipinski definition) is 2. The molecule has 0 bridgehead atoms. The van der Waals surface area contributed by atoms with Crippen LogP contribution in [0, 0.1) is 0 Å². The molecule has 1 heterocycles. The predicted molar refractivity (Wildman–Crippen MR) is 81.0 cm³/mol. The van der Waals surface area contributed by atoms with Crippen LogP contribution in [0.25, 0.3) is 6.08 Å². The Balaban J connectivity index is 1.69. The Morgan fingerprint density at radius 3 is 2.86 bits per heavy atom. The monoisotopic (exact) mass is 310 g/mol. The van der Waals surface area contributed by atoms with E-state index >= 15 is 0 Å². The quantitative estimate of drug-likeness (QED) is 0.888. The largest absolute Gasteiger partial charge is 0.310 e. The number of alkyl halides is 1. The van der Waals surface area contributed by atoms with Crippen molar-refractivity contribution in [3.05, 3.63) is 40.3 Å². The van der Waals surface area contributed by atoms with Crippen molar-refractivity contribution >= 4 is 16.1 Å². The van der Waals surface area contributed by atoms with Crippen molar-refractivity contribution in [1.82, 2.24) is 10.0 Å². The van der Waals surface area contributed by atoms with Gasteiger partial charge in [-0.3, -0.25) is 0 Å². The van der Waals surface area contributed by atoms with Gasteiger partial charge >= 0.3 is 0 Å². The highest BCUT2D eigenvalue weighted by Crippen LogP contribution is 2.26. The summed E-state index contributed by atoms with van der Waals surface area (Å²) in [5.74, 6) is 0. The van der Waals surface area contributed by atoms with Crippen LogP contribution in [-0.2, 0) is 16.4 Å². The molecule has 1 aromatic carbocycles. The average molecular weight is 310 g/mol. The summed E-state index contributed by atoms with van der Waals surface area (Å²) in [5.41, 5.74) is 2.14. The Morgan fingerprint density at radius 2 is 2.10 bits per heavy atom. The van der Waals surface area contributed by atoms with Gasteiger partial charge in [0.05, 0.1) is 4.91 Å². The first kappa shape index (κ1) is 14.7. The van der Waals surface area contributed by atoms with Gasteiger partial charge in [-0.2, -0.15) is 0 Å². The van der Waals surface area contributed by atoms with Crippen molar-refractivity contribution in [1.29, 1.82) is 0 Å². The minimum atomic E-state index is -3.48. The predicted octanol–water partition coefficient (Wildman–Crippen LogP) is 1.59. The molecule has 2 atom stereocenters. The summed E-state index contributed by atoms with van der Waals surface area (Å²) in [5, 5.41) is 2.98. The summed E-state index contributed by atoms with van der Waals surface area (Å²) in [6, 6.07) is 7.69. The van der Waals surface area contributed by atoms with Crippen molar-refractivity contribution in [2.24, 2.45) is 0 Å². The van der Waals surface area contributed by atoms with E-state index in [-0.39, 0.29) is 12.6 Å². The van der Waals surface area contributed by atoms with Crippen molar-refractivity contribution in [2.75, 3.05) is 13.1 Å². The Kier molecular flexibility index (Phi) is 4.10. The molecule has 1 aliphatic heterocycles. The van der Waals surface area contributed by atoms with Crippen LogP contribution >= 0.6 is 0 Å². The van der Waals surface area contributed by atoms with Gasteiger partial charge in [0.1, 0.15) is 6.17 Å². The Bertz CT molecular complexity index is 657. The number of fused-ring (bicyclic) bond motifs is 1. The van der Waals surface area contributed by atoms with Gasteiger partial charge in [0, 0.05) is 19.1 Å². The molecule has 114 valence electrons. The summed E-state index contributed by atoms with van der Waals surface area (Å²) in [7, 11) is -3.48. The van der Waals surface area contributed by atoms with Crippen LogP contribution in [0.5, 0.6) is 0 Å². The zero-order valence-corrected chi connectivity index (χ0v) is 12.5. The number of nitrogens with one attached hydrogen (secondary N) is 2. The van der Waals surface area contributed by atoms with E-state index in [9.17, 15) is 12.8 Å². The Labute approximate surface area is 124 Å². The number of allylic oxidation sites excluding steroid dienone is 1. The maximum Gasteiger partial charge on any atom is 0.236 e. The zero-order valence-electron chi connectivity index (χ0n) is 11.7. The van der Waals surface area contributed by atoms with Gasteiger partial charge in [0.15, 0.2) is 0 Å². The molecule has 0 spiro atoms. The molecule has 1 aliphatic carbocycles. The van der Waals surface area contributed by atoms with Crippen LogP contribution < -0.4 is 10.0 Å². The lowest BCUT2D eigenvalue weighted by molar-refractivity contribution is 0.355. The molecule has 1 saturated heterocycles. The van der Waals surface area contributed by atoms with Gasteiger partial charge in [0.2, 0.25) is 10.0 Å². The average Bonchev–Trinajstić information content (AvgIpc) is 2.90. The maximum absolute atomic E-state index is 13.1. The third-order valence-corrected chi connectivity index (χ3v) is 5.60. The highest BCUT2D eigenvalue weighted by molar-refractivity contribution is 7.93. The lowest BCUT2D eigenvalue weighted by Gasteiger charge is -2.18. The van der Waals surface area contributed by atoms with Crippen LogP contribution in [0.15, 0.2) is 29.2 Å². The van der Waals surface area contributed by atoms with Crippen molar-refractivity contribution in [3.63, 3.8) is 0 Å². The van der Waals surface area contributed by atoms with E-state index in [1.54, 1.807) is 6.08 Å². The molecule has 0 aromatic heterocycles. The summed E-state index contributed by atoms with van der Waals surface area (Å²) in [6.07, 6.45) is 2.47. The standard InChI is InChI=1S/C15H19FN2O2S/c16-13-8-14(17-9-13)10-18-21(19,20)15-6-5-11-3-1-2-4-12(11)7-15/h1-4,7,13-14,17-18H,5-6,8-10H2/t13-,14-/m0/s1. The van der Waals surface area contributed by atoms with E-state index in [0.29, 0.717) is 24.3 Å². The van der Waals surface area contributed by atoms with E-state index in [1.165, 1.54) is 5.56 Å². The van der Waals surface area contributed by atoms with Gasteiger partial charge in [-0.15, -0.1) is 0 Å². The fraction of sp³-hybridized carbons (Fsp3) is 0.467. The van der Waals surface area contributed by atoms with Crippen molar-refractivity contribution in [3.8, 4) is 0 Å². The first-order valence-corrected chi connectivity index (χ1v) is 8.68. The fourth-order valence-electron chi connectivity index (χ4n) is 2.85. The molecule has 0 saturated carbocycles. The van der Waals surface area contributed by atoms with Crippen LogP contribution in [0.3, 0.4) is 0 Å². The van der Waals surface area contributed by atoms with Crippen LogP contribution in [-0.4, -0.2) is 33.7 Å². The molecule has 0 radical (unpaired) electrons. The van der Waals surface area contributed by atoms with E-state index in [4.69, 9.17) is 0 Å². The Morgan fingerprint density at radius 1 is 1.29 bits per heavy atom. The Hall–Kier alpha value is -1.24. The lowest BCUT2D eigenvalue weighted by atomic mass is 9.98. The van der Waals surface area contributed by atoms with Crippen molar-refractivity contribution < 1.29 is 12.8 Å². The molecule has 0 amide bonds. The molecule has 1 aromatic rings. The van der Waals surface area contributed by atoms with Gasteiger partial charge in [0.25, 0.3) is 0 Å². The molecule has 6 heteroatoms. The van der Waals surface area contributed by atoms with Gasteiger partial charge in [-0.25, -0.2) is 17.5 Å². The maximum atomic E-state index is 13.1. The van der Waals surface area contributed by atoms with Gasteiger partial charge in [-0.1, -0.05) is 24.3 Å². The summed E-state index contributed by atoms with van der Waals surface area (Å²) in [4.78, 5) is 0.413. The summed E-state index contributed by atoms with van der Waals surface area (Å²) < 4.78 is 40.3. The SMILES string of the molecule is O=S(=O)(NC[C@@H]1C[C@H](F)CN1)C1=Cc2ccccc2CC1. The third kappa shape index (κ3) is 3.33. The van der Waals surface area contributed by atoms with E-state index in [0.717, 1.165) is 12.0 Å². The molecule has 2 N–H and O–H groups in total. The van der Waals surface area contributed by atoms with Crippen LogP contribution in [0.2, 0.25) is 0 Å². The molecule has 3 rings (SSSR count). The second-order valence-electron chi connectivity index (χ2n) is 5.60. The topological polar surface area (TPSA) is 58.2 Å². The minimum Gasteiger partial charge on any atom is -0.310 e. The second-order valence-corrected chi connectivity index (χ2v) is 7.42. The summed E-state index contributed by atoms with van der Waals surface area (Å²) >= 11 is 0. The normalized spacial score (nSPS) is 25.5. The van der Waals surface area contributed by atoms with Gasteiger partial charge in [-0.05, 0) is 36.5 Å². The number of aryl methyl sites for hydroxylation is 1. The molecule has 21 heavy (non-hydrogen) atoms. The smallest absolute Gasteiger partial charge is 0.236 e. The summed E-state index contributed by atoms with van der Waals surface area (Å²) in [6.45, 7) is 0.546. The molecular formula is C15H19FN2O2S. The molecule has 4 nitrogen and oxygen atoms in total. The fourth-order valence-corrected chi connectivity index (χ4v) is 4.11. The van der Waals surface area contributed by atoms with E-state index in [2.05, 4.69) is 10.0 Å². The number of rotatable bonds is 4. The third-order valence-electron chi connectivity index (χ3n) is 4.05. The molecule has 0 unspecified atom stereocenters. The van der Waals surface area contributed by atoms with E-state index in [1.807, 2.05) is 24.3 Å². The van der Waals surface area contributed by atoms with Crippen molar-refractivity contribution in [2.45, 2.75) is 31.5 Å². The minimum absolute atomic E-state index is 0.119. The molecule has 2 aliphatic rings. The van der Waals surface area contributed by atoms with Crippen LogP contribution in [0.1, 0.15) is 24.0 Å². The zero-order chi connectivity index (χ0) is 14.9. The number of sulfonamides is 1. The molecule has 1 fully saturated rings. The first-order valence-electron chi connectivity index (χ1n) is 7.20.